The molecule has 0 fully saturated rings. The van der Waals surface area contributed by atoms with Crippen molar-refractivity contribution >= 4 is 15.9 Å². The highest BCUT2D eigenvalue weighted by Gasteiger charge is 2.31. The normalized spacial score (nSPS) is 12.0. The number of nitrogens with one attached hydrogen (secondary N) is 1. The minimum atomic E-state index is -3.98. The third kappa shape index (κ3) is 4.52. The smallest absolute Gasteiger partial charge is 0.241 e. The van der Waals surface area contributed by atoms with Crippen molar-refractivity contribution in [1.82, 2.24) is 4.72 Å². The summed E-state index contributed by atoms with van der Waals surface area (Å²) in [5.41, 5.74) is 3.69. The van der Waals surface area contributed by atoms with Gasteiger partial charge in [0.25, 0.3) is 0 Å². The molecule has 0 aliphatic carbocycles. The number of sulfonamides is 1. The first-order valence-electron chi connectivity index (χ1n) is 7.08. The van der Waals surface area contributed by atoms with E-state index in [-0.39, 0.29) is 16.4 Å². The fourth-order valence-electron chi connectivity index (χ4n) is 1.81. The van der Waals surface area contributed by atoms with E-state index in [2.05, 4.69) is 4.72 Å². The molecule has 0 spiro atoms. The minimum absolute atomic E-state index is 0.0579. The number of benzene rings is 2. The molecule has 0 radical (unpaired) electrons. The maximum absolute atomic E-state index is 13.1. The molecule has 3 N–H and O–H groups in total. The number of halogens is 2. The SMILES string of the molecule is CC(C)(NS(=O)(=O)c1ccc(Oc2ccc(F)c(F)c2)cc1)C(N)=O. The summed E-state index contributed by atoms with van der Waals surface area (Å²) in [5, 5.41) is 0. The topological polar surface area (TPSA) is 98.5 Å². The van der Waals surface area contributed by atoms with Crippen LogP contribution in [-0.2, 0) is 14.8 Å². The second-order valence-electron chi connectivity index (χ2n) is 5.74. The molecule has 0 atom stereocenters. The van der Waals surface area contributed by atoms with Crippen LogP contribution in [0.3, 0.4) is 0 Å². The Labute approximate surface area is 143 Å². The largest absolute Gasteiger partial charge is 0.457 e. The number of amides is 1. The summed E-state index contributed by atoms with van der Waals surface area (Å²) in [5.74, 6) is -2.61. The first-order valence-corrected chi connectivity index (χ1v) is 8.56. The van der Waals surface area contributed by atoms with E-state index in [9.17, 15) is 22.0 Å². The monoisotopic (exact) mass is 370 g/mol. The van der Waals surface area contributed by atoms with Crippen LogP contribution < -0.4 is 15.2 Å². The lowest BCUT2D eigenvalue weighted by Gasteiger charge is -2.22. The molecule has 0 unspecified atom stereocenters. The van der Waals surface area contributed by atoms with Gasteiger partial charge in [-0.2, -0.15) is 4.72 Å². The van der Waals surface area contributed by atoms with E-state index in [1.54, 1.807) is 0 Å². The summed E-state index contributed by atoms with van der Waals surface area (Å²) in [4.78, 5) is 11.1. The van der Waals surface area contributed by atoms with Gasteiger partial charge in [0.05, 0.1) is 4.90 Å². The third-order valence-corrected chi connectivity index (χ3v) is 4.94. The lowest BCUT2D eigenvalue weighted by molar-refractivity contribution is -0.122. The minimum Gasteiger partial charge on any atom is -0.457 e. The first kappa shape index (κ1) is 18.8. The summed E-state index contributed by atoms with van der Waals surface area (Å²) < 4.78 is 58.0. The standard InChI is InChI=1S/C16H16F2N2O4S/c1-16(2,15(19)21)20-25(22,23)12-6-3-10(4-7-12)24-11-5-8-13(17)14(18)9-11/h3-9,20H,1-2H3,(H2,19,21). The maximum atomic E-state index is 13.1. The lowest BCUT2D eigenvalue weighted by atomic mass is 10.1. The van der Waals surface area contributed by atoms with E-state index >= 15 is 0 Å². The third-order valence-electron chi connectivity index (χ3n) is 3.27. The predicted molar refractivity (Wildman–Crippen MR) is 86.5 cm³/mol. The fraction of sp³-hybridized carbons (Fsp3) is 0.188. The Morgan fingerprint density at radius 1 is 1.04 bits per heavy atom. The number of nitrogens with two attached hydrogens (primary N) is 1. The molecule has 9 heteroatoms. The number of ether oxygens (including phenoxy) is 1. The molecule has 2 aromatic rings. The molecule has 0 saturated carbocycles. The number of carbonyl (C=O) groups is 1. The van der Waals surface area contributed by atoms with Crippen LogP contribution >= 0.6 is 0 Å². The quantitative estimate of drug-likeness (QED) is 0.815. The molecule has 0 saturated heterocycles. The summed E-state index contributed by atoms with van der Waals surface area (Å²) in [6.45, 7) is 2.68. The van der Waals surface area contributed by atoms with E-state index in [1.165, 1.54) is 44.2 Å². The van der Waals surface area contributed by atoms with Gasteiger partial charge in [-0.25, -0.2) is 17.2 Å². The molecule has 6 nitrogen and oxygen atoms in total. The number of rotatable bonds is 6. The molecule has 0 aromatic heterocycles. The van der Waals surface area contributed by atoms with E-state index in [0.29, 0.717) is 0 Å². The predicted octanol–water partition coefficient (Wildman–Crippen LogP) is 2.30. The second kappa shape index (κ2) is 6.77. The van der Waals surface area contributed by atoms with Crippen LogP contribution in [0.1, 0.15) is 13.8 Å². The van der Waals surface area contributed by atoms with Crippen molar-refractivity contribution in [1.29, 1.82) is 0 Å². The van der Waals surface area contributed by atoms with Crippen molar-refractivity contribution in [3.05, 3.63) is 54.1 Å². The van der Waals surface area contributed by atoms with Gasteiger partial charge < -0.3 is 10.5 Å². The Kier molecular flexibility index (Phi) is 5.09. The van der Waals surface area contributed by atoms with Gasteiger partial charge in [-0.15, -0.1) is 0 Å². The first-order chi connectivity index (χ1) is 11.5. The highest BCUT2D eigenvalue weighted by Crippen LogP contribution is 2.24. The highest BCUT2D eigenvalue weighted by molar-refractivity contribution is 7.89. The molecule has 134 valence electrons. The van der Waals surface area contributed by atoms with Crippen molar-refractivity contribution < 1.29 is 26.7 Å². The number of carbonyl (C=O) groups excluding carboxylic acids is 1. The zero-order valence-corrected chi connectivity index (χ0v) is 14.2. The Balaban J connectivity index is 2.18. The van der Waals surface area contributed by atoms with Gasteiger partial charge in [0.2, 0.25) is 15.9 Å². The van der Waals surface area contributed by atoms with Gasteiger partial charge in [0.15, 0.2) is 11.6 Å². The molecule has 0 bridgehead atoms. The summed E-state index contributed by atoms with van der Waals surface area (Å²) >= 11 is 0. The lowest BCUT2D eigenvalue weighted by Crippen LogP contribution is -2.52. The molecular weight excluding hydrogens is 354 g/mol. The van der Waals surface area contributed by atoms with Crippen LogP contribution in [0.5, 0.6) is 11.5 Å². The molecule has 25 heavy (non-hydrogen) atoms. The van der Waals surface area contributed by atoms with Gasteiger partial charge in [-0.3, -0.25) is 4.79 Å². The maximum Gasteiger partial charge on any atom is 0.241 e. The Morgan fingerprint density at radius 3 is 2.12 bits per heavy atom. The van der Waals surface area contributed by atoms with Crippen molar-refractivity contribution in [3.63, 3.8) is 0 Å². The second-order valence-corrected chi connectivity index (χ2v) is 7.43. The van der Waals surface area contributed by atoms with E-state index in [4.69, 9.17) is 10.5 Å². The van der Waals surface area contributed by atoms with Crippen LogP contribution in [0.4, 0.5) is 8.78 Å². The van der Waals surface area contributed by atoms with Crippen LogP contribution in [0.2, 0.25) is 0 Å². The van der Waals surface area contributed by atoms with Gasteiger partial charge in [-0.05, 0) is 50.2 Å². The molecule has 0 aliphatic rings. The molecule has 2 rings (SSSR count). The molecule has 1 amide bonds. The van der Waals surface area contributed by atoms with Crippen molar-refractivity contribution in [2.24, 2.45) is 5.73 Å². The van der Waals surface area contributed by atoms with Crippen molar-refractivity contribution in [3.8, 4) is 11.5 Å². The van der Waals surface area contributed by atoms with Gasteiger partial charge in [-0.1, -0.05) is 0 Å². The summed E-state index contributed by atoms with van der Waals surface area (Å²) in [6, 6.07) is 8.19. The number of primary amides is 1. The summed E-state index contributed by atoms with van der Waals surface area (Å²) in [6.07, 6.45) is 0. The zero-order chi connectivity index (χ0) is 18.8. The Hall–Kier alpha value is -2.52. The van der Waals surface area contributed by atoms with Crippen LogP contribution in [0, 0.1) is 11.6 Å². The van der Waals surface area contributed by atoms with E-state index in [0.717, 1.165) is 12.1 Å². The van der Waals surface area contributed by atoms with Crippen LogP contribution in [0.15, 0.2) is 47.4 Å². The van der Waals surface area contributed by atoms with Gasteiger partial charge in [0, 0.05) is 6.07 Å². The van der Waals surface area contributed by atoms with Gasteiger partial charge >= 0.3 is 0 Å². The van der Waals surface area contributed by atoms with Crippen molar-refractivity contribution in [2.75, 3.05) is 0 Å². The average molecular weight is 370 g/mol. The summed E-state index contributed by atoms with van der Waals surface area (Å²) in [7, 11) is -3.98. The molecule has 2 aromatic carbocycles. The number of hydrogen-bond acceptors (Lipinski definition) is 4. The Bertz CT molecular complexity index is 897. The van der Waals surface area contributed by atoms with Crippen LogP contribution in [0.25, 0.3) is 0 Å². The Morgan fingerprint density at radius 2 is 1.60 bits per heavy atom. The van der Waals surface area contributed by atoms with Gasteiger partial charge in [0.1, 0.15) is 17.0 Å². The van der Waals surface area contributed by atoms with Crippen molar-refractivity contribution in [2.45, 2.75) is 24.3 Å². The molecule has 0 aliphatic heterocycles. The number of hydrogen-bond donors (Lipinski definition) is 2. The molecule has 0 heterocycles. The average Bonchev–Trinajstić information content (AvgIpc) is 2.50. The van der Waals surface area contributed by atoms with E-state index < -0.39 is 33.1 Å². The highest BCUT2D eigenvalue weighted by atomic mass is 32.2. The fourth-order valence-corrected chi connectivity index (χ4v) is 3.19. The van der Waals surface area contributed by atoms with E-state index in [1.807, 2.05) is 0 Å². The molecular formula is C16H16F2N2O4S. The van der Waals surface area contributed by atoms with Crippen LogP contribution in [-0.4, -0.2) is 19.9 Å². The zero-order valence-electron chi connectivity index (χ0n) is 13.4.